The van der Waals surface area contributed by atoms with E-state index in [9.17, 15) is 18.0 Å². The molecule has 0 radical (unpaired) electrons. The number of hydrogen-bond acceptors (Lipinski definition) is 5. The number of hydrogen-bond donors (Lipinski definition) is 1. The molecule has 0 spiro atoms. The lowest BCUT2D eigenvalue weighted by Gasteiger charge is -2.32. The minimum atomic E-state index is -4.14. The van der Waals surface area contributed by atoms with Crippen LogP contribution in [0, 0.1) is 0 Å². The maximum absolute atomic E-state index is 13.9. The molecule has 4 aromatic carbocycles. The summed E-state index contributed by atoms with van der Waals surface area (Å²) < 4.78 is 34.7. The summed E-state index contributed by atoms with van der Waals surface area (Å²) in [4.78, 5) is 28.1. The third-order valence-corrected chi connectivity index (χ3v) is 8.22. The topological polar surface area (TPSA) is 96.0 Å². The van der Waals surface area contributed by atoms with Gasteiger partial charge in [-0.25, -0.2) is 8.42 Å². The van der Waals surface area contributed by atoms with Crippen molar-refractivity contribution in [3.8, 4) is 11.5 Å². The molecule has 9 heteroatoms. The normalized spacial score (nSPS) is 11.8. The Morgan fingerprint density at radius 2 is 1.32 bits per heavy atom. The first kappa shape index (κ1) is 29.4. The summed E-state index contributed by atoms with van der Waals surface area (Å²) >= 11 is 0. The molecule has 1 N–H and O–H groups in total. The molecule has 0 saturated heterocycles. The summed E-state index contributed by atoms with van der Waals surface area (Å²) in [5, 5.41) is 2.76. The highest BCUT2D eigenvalue weighted by Crippen LogP contribution is 2.28. The monoisotopic (exact) mass is 571 g/mol. The molecule has 1 unspecified atom stereocenters. The Morgan fingerprint density at radius 3 is 1.90 bits per heavy atom. The molecule has 0 saturated carbocycles. The number of carbonyl (C=O) groups excluding carboxylic acids is 2. The lowest BCUT2D eigenvalue weighted by Crippen LogP contribution is -2.51. The molecule has 0 aliphatic heterocycles. The number of amides is 2. The summed E-state index contributed by atoms with van der Waals surface area (Å²) in [7, 11) is -4.14. The molecule has 0 aromatic heterocycles. The van der Waals surface area contributed by atoms with Crippen molar-refractivity contribution in [3.05, 3.63) is 121 Å². The summed E-state index contributed by atoms with van der Waals surface area (Å²) in [5.74, 6) is 0.312. The number of nitrogens with one attached hydrogen (secondary N) is 1. The second kappa shape index (κ2) is 13.6. The van der Waals surface area contributed by atoms with Gasteiger partial charge in [-0.1, -0.05) is 66.7 Å². The summed E-state index contributed by atoms with van der Waals surface area (Å²) in [5.41, 5.74) is 1.10. The number of carbonyl (C=O) groups is 2. The van der Waals surface area contributed by atoms with Gasteiger partial charge in [0.1, 0.15) is 24.1 Å². The van der Waals surface area contributed by atoms with Crippen LogP contribution >= 0.6 is 0 Å². The van der Waals surface area contributed by atoms with Crippen molar-refractivity contribution < 1.29 is 22.7 Å². The van der Waals surface area contributed by atoms with Crippen molar-refractivity contribution >= 4 is 27.5 Å². The van der Waals surface area contributed by atoms with Crippen LogP contribution < -0.4 is 14.4 Å². The van der Waals surface area contributed by atoms with E-state index in [1.165, 1.54) is 17.0 Å². The predicted octanol–water partition coefficient (Wildman–Crippen LogP) is 5.23. The van der Waals surface area contributed by atoms with Gasteiger partial charge in [-0.2, -0.15) is 0 Å². The minimum Gasteiger partial charge on any atom is -0.457 e. The van der Waals surface area contributed by atoms with E-state index in [2.05, 4.69) is 5.32 Å². The predicted molar refractivity (Wildman–Crippen MR) is 159 cm³/mol. The zero-order chi connectivity index (χ0) is 29.2. The maximum Gasteiger partial charge on any atom is 0.264 e. The van der Waals surface area contributed by atoms with Gasteiger partial charge < -0.3 is 15.0 Å². The van der Waals surface area contributed by atoms with E-state index < -0.39 is 28.5 Å². The Hall–Kier alpha value is -4.63. The number of sulfonamides is 1. The van der Waals surface area contributed by atoms with E-state index in [0.29, 0.717) is 18.0 Å². The van der Waals surface area contributed by atoms with Gasteiger partial charge in [0.05, 0.1) is 10.6 Å². The van der Waals surface area contributed by atoms with Crippen molar-refractivity contribution in [2.24, 2.45) is 0 Å². The van der Waals surface area contributed by atoms with Crippen LogP contribution in [0.2, 0.25) is 0 Å². The van der Waals surface area contributed by atoms with Crippen molar-refractivity contribution in [1.29, 1.82) is 0 Å². The molecule has 2 amide bonds. The quantitative estimate of drug-likeness (QED) is 0.251. The molecule has 41 heavy (non-hydrogen) atoms. The molecular formula is C32H33N3O5S. The molecule has 0 aliphatic rings. The number of rotatable bonds is 12. The SMILES string of the molecule is CCNC(=O)C(C)N(Cc1ccccc1)C(=O)CN(c1ccc(Oc2ccccc2)cc1)S(=O)(=O)c1ccccc1. The van der Waals surface area contributed by atoms with Gasteiger partial charge in [-0.3, -0.25) is 13.9 Å². The van der Waals surface area contributed by atoms with Crippen LogP contribution in [0.5, 0.6) is 11.5 Å². The molecule has 0 aliphatic carbocycles. The number of likely N-dealkylation sites (N-methyl/N-ethyl adjacent to an activating group) is 1. The zero-order valence-corrected chi connectivity index (χ0v) is 23.8. The highest BCUT2D eigenvalue weighted by molar-refractivity contribution is 7.92. The molecule has 4 rings (SSSR count). The van der Waals surface area contributed by atoms with E-state index in [0.717, 1.165) is 9.87 Å². The molecule has 1 atom stereocenters. The fraction of sp³-hybridized carbons (Fsp3) is 0.188. The van der Waals surface area contributed by atoms with Crippen molar-refractivity contribution in [2.75, 3.05) is 17.4 Å². The molecule has 8 nitrogen and oxygen atoms in total. The third-order valence-electron chi connectivity index (χ3n) is 6.43. The van der Waals surface area contributed by atoms with Gasteiger partial charge in [0.2, 0.25) is 11.8 Å². The summed E-state index contributed by atoms with van der Waals surface area (Å²) in [6.07, 6.45) is 0. The highest BCUT2D eigenvalue weighted by atomic mass is 32.2. The van der Waals surface area contributed by atoms with Crippen molar-refractivity contribution in [2.45, 2.75) is 31.3 Å². The first-order chi connectivity index (χ1) is 19.8. The van der Waals surface area contributed by atoms with Crippen LogP contribution in [0.3, 0.4) is 0 Å². The minimum absolute atomic E-state index is 0.0452. The second-order valence-electron chi connectivity index (χ2n) is 9.31. The maximum atomic E-state index is 13.9. The Balaban J connectivity index is 1.68. The fourth-order valence-corrected chi connectivity index (χ4v) is 5.67. The lowest BCUT2D eigenvalue weighted by atomic mass is 10.1. The number of nitrogens with zero attached hydrogens (tertiary/aromatic N) is 2. The number of ether oxygens (including phenoxy) is 1. The van der Waals surface area contributed by atoms with Crippen LogP contribution in [0.25, 0.3) is 0 Å². The van der Waals surface area contributed by atoms with Gasteiger partial charge in [0.15, 0.2) is 0 Å². The van der Waals surface area contributed by atoms with Crippen molar-refractivity contribution in [3.63, 3.8) is 0 Å². The Bertz CT molecular complexity index is 1530. The zero-order valence-electron chi connectivity index (χ0n) is 23.0. The Labute approximate surface area is 241 Å². The van der Waals surface area contributed by atoms with Crippen LogP contribution in [-0.2, 0) is 26.2 Å². The van der Waals surface area contributed by atoms with E-state index in [1.807, 2.05) is 60.7 Å². The van der Waals surface area contributed by atoms with E-state index in [-0.39, 0.29) is 23.0 Å². The summed E-state index contributed by atoms with van der Waals surface area (Å²) in [6, 6.07) is 32.1. The third kappa shape index (κ3) is 7.52. The van der Waals surface area contributed by atoms with E-state index >= 15 is 0 Å². The average molecular weight is 572 g/mol. The van der Waals surface area contributed by atoms with E-state index in [4.69, 9.17) is 4.74 Å². The summed E-state index contributed by atoms with van der Waals surface area (Å²) in [6.45, 7) is 3.47. The Kier molecular flexibility index (Phi) is 9.76. The van der Waals surface area contributed by atoms with Gasteiger partial charge in [-0.15, -0.1) is 0 Å². The van der Waals surface area contributed by atoms with Crippen LogP contribution in [0.1, 0.15) is 19.4 Å². The van der Waals surface area contributed by atoms with E-state index in [1.54, 1.807) is 56.3 Å². The number of benzene rings is 4. The van der Waals surface area contributed by atoms with Crippen LogP contribution in [0.4, 0.5) is 5.69 Å². The van der Waals surface area contributed by atoms with Crippen LogP contribution in [0.15, 0.2) is 120 Å². The highest BCUT2D eigenvalue weighted by Gasteiger charge is 2.32. The van der Waals surface area contributed by atoms with Gasteiger partial charge in [-0.05, 0) is 67.9 Å². The standard InChI is InChI=1S/C32H33N3O5S/c1-3-33-32(37)25(2)34(23-26-13-7-4-8-14-26)31(36)24-35(41(38,39)30-17-11-6-12-18-30)27-19-21-29(22-20-27)40-28-15-9-5-10-16-28/h4-22,25H,3,23-24H2,1-2H3,(H,33,37). The first-order valence-electron chi connectivity index (χ1n) is 13.3. The molecule has 0 heterocycles. The molecule has 212 valence electrons. The number of anilines is 1. The first-order valence-corrected chi connectivity index (χ1v) is 14.8. The molecular weight excluding hydrogens is 538 g/mol. The Morgan fingerprint density at radius 1 is 0.780 bits per heavy atom. The van der Waals surface area contributed by atoms with Gasteiger partial charge in [0, 0.05) is 13.1 Å². The lowest BCUT2D eigenvalue weighted by molar-refractivity contribution is -0.139. The second-order valence-corrected chi connectivity index (χ2v) is 11.2. The van der Waals surface area contributed by atoms with Gasteiger partial charge >= 0.3 is 0 Å². The fourth-order valence-electron chi connectivity index (χ4n) is 4.24. The molecule has 0 fully saturated rings. The molecule has 0 bridgehead atoms. The molecule has 4 aromatic rings. The van der Waals surface area contributed by atoms with Gasteiger partial charge in [0.25, 0.3) is 10.0 Å². The van der Waals surface area contributed by atoms with Crippen molar-refractivity contribution in [1.82, 2.24) is 10.2 Å². The largest absolute Gasteiger partial charge is 0.457 e. The smallest absolute Gasteiger partial charge is 0.264 e. The average Bonchev–Trinajstić information content (AvgIpc) is 3.00. The number of para-hydroxylation sites is 1. The van der Waals surface area contributed by atoms with Crippen LogP contribution in [-0.4, -0.2) is 44.3 Å².